The van der Waals surface area contributed by atoms with Crippen LogP contribution < -0.4 is 0 Å². The van der Waals surface area contributed by atoms with Gasteiger partial charge >= 0.3 is 0 Å². The van der Waals surface area contributed by atoms with Gasteiger partial charge in [0.05, 0.1) is 4.90 Å². The van der Waals surface area contributed by atoms with E-state index in [9.17, 15) is 12.6 Å². The SMILES string of the molecule is O=S1CCN(S(=O)(=O)c2ccc(Cl)cc2)CC1. The van der Waals surface area contributed by atoms with Gasteiger partial charge in [-0.2, -0.15) is 4.31 Å². The molecule has 1 aliphatic heterocycles. The number of halogens is 1. The second-order valence-electron chi connectivity index (χ2n) is 3.71. The number of benzene rings is 1. The summed E-state index contributed by atoms with van der Waals surface area (Å²) in [5.41, 5.74) is 0. The Balaban J connectivity index is 2.24. The molecule has 0 atom stereocenters. The molecule has 0 amide bonds. The number of hydrogen-bond donors (Lipinski definition) is 0. The molecule has 7 heteroatoms. The van der Waals surface area contributed by atoms with Crippen LogP contribution >= 0.6 is 11.6 Å². The van der Waals surface area contributed by atoms with Crippen LogP contribution in [0.15, 0.2) is 29.2 Å². The van der Waals surface area contributed by atoms with Gasteiger partial charge in [-0.05, 0) is 24.3 Å². The van der Waals surface area contributed by atoms with Gasteiger partial charge in [-0.1, -0.05) is 11.6 Å². The van der Waals surface area contributed by atoms with Crippen LogP contribution in [0, 0.1) is 0 Å². The molecule has 0 spiro atoms. The van der Waals surface area contributed by atoms with Gasteiger partial charge in [-0.15, -0.1) is 0 Å². The average molecular weight is 294 g/mol. The Morgan fingerprint density at radius 1 is 1.12 bits per heavy atom. The molecule has 0 unspecified atom stereocenters. The quantitative estimate of drug-likeness (QED) is 0.820. The third-order valence-electron chi connectivity index (χ3n) is 2.59. The number of hydrogen-bond acceptors (Lipinski definition) is 3. The first-order chi connectivity index (χ1) is 8.00. The first-order valence-electron chi connectivity index (χ1n) is 5.11. The molecule has 17 heavy (non-hydrogen) atoms. The summed E-state index contributed by atoms with van der Waals surface area (Å²) in [5, 5.41) is 0.503. The fourth-order valence-electron chi connectivity index (χ4n) is 1.62. The van der Waals surface area contributed by atoms with E-state index in [0.717, 1.165) is 0 Å². The van der Waals surface area contributed by atoms with E-state index in [4.69, 9.17) is 11.6 Å². The highest BCUT2D eigenvalue weighted by Gasteiger charge is 2.27. The molecule has 0 aromatic heterocycles. The van der Waals surface area contributed by atoms with Crippen molar-refractivity contribution in [3.05, 3.63) is 29.3 Å². The highest BCUT2D eigenvalue weighted by molar-refractivity contribution is 7.89. The third-order valence-corrected chi connectivity index (χ3v) is 6.03. The monoisotopic (exact) mass is 293 g/mol. The van der Waals surface area contributed by atoms with Crippen molar-refractivity contribution >= 4 is 32.4 Å². The van der Waals surface area contributed by atoms with E-state index in [1.165, 1.54) is 16.4 Å². The normalized spacial score (nSPS) is 19.4. The van der Waals surface area contributed by atoms with E-state index in [0.29, 0.717) is 29.6 Å². The Morgan fingerprint density at radius 3 is 2.18 bits per heavy atom. The zero-order valence-corrected chi connectivity index (χ0v) is 11.4. The van der Waals surface area contributed by atoms with E-state index in [-0.39, 0.29) is 4.90 Å². The molecule has 0 bridgehead atoms. The summed E-state index contributed by atoms with van der Waals surface area (Å²) in [6.07, 6.45) is 0. The minimum atomic E-state index is -3.46. The van der Waals surface area contributed by atoms with Gasteiger partial charge in [0.15, 0.2) is 0 Å². The van der Waals surface area contributed by atoms with Gasteiger partial charge in [-0.3, -0.25) is 4.21 Å². The van der Waals surface area contributed by atoms with Gasteiger partial charge in [0, 0.05) is 40.4 Å². The van der Waals surface area contributed by atoms with E-state index in [1.54, 1.807) is 12.1 Å². The molecule has 1 saturated heterocycles. The van der Waals surface area contributed by atoms with Crippen molar-refractivity contribution in [1.82, 2.24) is 4.31 Å². The van der Waals surface area contributed by atoms with E-state index in [2.05, 4.69) is 0 Å². The highest BCUT2D eigenvalue weighted by atomic mass is 35.5. The van der Waals surface area contributed by atoms with Crippen LogP contribution in [0.1, 0.15) is 0 Å². The minimum Gasteiger partial charge on any atom is -0.259 e. The summed E-state index contributed by atoms with van der Waals surface area (Å²) < 4.78 is 36.9. The topological polar surface area (TPSA) is 54.5 Å². The van der Waals surface area contributed by atoms with Gasteiger partial charge < -0.3 is 0 Å². The molecular formula is C10H12ClNO3S2. The second kappa shape index (κ2) is 5.06. The second-order valence-corrected chi connectivity index (χ2v) is 7.78. The van der Waals surface area contributed by atoms with Crippen molar-refractivity contribution in [2.75, 3.05) is 24.6 Å². The molecule has 1 heterocycles. The van der Waals surface area contributed by atoms with Crippen molar-refractivity contribution < 1.29 is 12.6 Å². The van der Waals surface area contributed by atoms with Gasteiger partial charge in [0.1, 0.15) is 0 Å². The Labute approximate surface area is 108 Å². The maximum Gasteiger partial charge on any atom is 0.243 e. The molecule has 4 nitrogen and oxygen atoms in total. The number of nitrogens with zero attached hydrogens (tertiary/aromatic N) is 1. The smallest absolute Gasteiger partial charge is 0.243 e. The first-order valence-corrected chi connectivity index (χ1v) is 8.41. The zero-order valence-electron chi connectivity index (χ0n) is 9.00. The Morgan fingerprint density at radius 2 is 1.65 bits per heavy atom. The van der Waals surface area contributed by atoms with E-state index in [1.807, 2.05) is 0 Å². The summed E-state index contributed by atoms with van der Waals surface area (Å²) in [7, 11) is -4.34. The summed E-state index contributed by atoms with van der Waals surface area (Å²) in [6, 6.07) is 6.08. The van der Waals surface area contributed by atoms with Crippen LogP contribution in [0.3, 0.4) is 0 Å². The zero-order chi connectivity index (χ0) is 12.5. The Kier molecular flexibility index (Phi) is 3.87. The van der Waals surface area contributed by atoms with E-state index >= 15 is 0 Å². The molecule has 0 aliphatic carbocycles. The molecule has 1 aromatic rings. The van der Waals surface area contributed by atoms with E-state index < -0.39 is 20.8 Å². The van der Waals surface area contributed by atoms with Crippen molar-refractivity contribution in [3.63, 3.8) is 0 Å². The minimum absolute atomic E-state index is 0.231. The molecule has 94 valence electrons. The van der Waals surface area contributed by atoms with Crippen molar-refractivity contribution in [2.45, 2.75) is 4.90 Å². The van der Waals surface area contributed by atoms with Gasteiger partial charge in [0.2, 0.25) is 10.0 Å². The van der Waals surface area contributed by atoms with Crippen molar-refractivity contribution in [1.29, 1.82) is 0 Å². The van der Waals surface area contributed by atoms with Crippen molar-refractivity contribution in [2.24, 2.45) is 0 Å². The summed E-state index contributed by atoms with van der Waals surface area (Å²) in [4.78, 5) is 0.231. The van der Waals surface area contributed by atoms with Gasteiger partial charge in [-0.25, -0.2) is 8.42 Å². The Hall–Kier alpha value is -0.430. The molecule has 2 rings (SSSR count). The summed E-state index contributed by atoms with van der Waals surface area (Å²) >= 11 is 5.72. The molecule has 1 fully saturated rings. The van der Waals surface area contributed by atoms with Crippen LogP contribution in [0.5, 0.6) is 0 Å². The number of sulfonamides is 1. The maximum atomic E-state index is 12.2. The average Bonchev–Trinajstić information content (AvgIpc) is 2.30. The highest BCUT2D eigenvalue weighted by Crippen LogP contribution is 2.19. The lowest BCUT2D eigenvalue weighted by atomic mass is 10.4. The first kappa shape index (κ1) is 13.0. The van der Waals surface area contributed by atoms with Crippen LogP contribution in [-0.2, 0) is 20.8 Å². The van der Waals surface area contributed by atoms with Gasteiger partial charge in [0.25, 0.3) is 0 Å². The van der Waals surface area contributed by atoms with Crippen LogP contribution in [-0.4, -0.2) is 41.5 Å². The van der Waals surface area contributed by atoms with Crippen LogP contribution in [0.4, 0.5) is 0 Å². The maximum absolute atomic E-state index is 12.2. The standard InChI is InChI=1S/C10H12ClNO3S2/c11-9-1-3-10(4-2-9)17(14,15)12-5-7-16(13)8-6-12/h1-4H,5-8H2. The molecular weight excluding hydrogens is 282 g/mol. The van der Waals surface area contributed by atoms with Crippen molar-refractivity contribution in [3.8, 4) is 0 Å². The summed E-state index contributed by atoms with van der Waals surface area (Å²) in [6.45, 7) is 0.634. The predicted octanol–water partition coefficient (Wildman–Crippen LogP) is 1.09. The Bertz CT molecular complexity index is 517. The lowest BCUT2D eigenvalue weighted by molar-refractivity contribution is 0.438. The lowest BCUT2D eigenvalue weighted by Crippen LogP contribution is -2.41. The van der Waals surface area contributed by atoms with Crippen LogP contribution in [0.2, 0.25) is 5.02 Å². The lowest BCUT2D eigenvalue weighted by Gasteiger charge is -2.25. The molecule has 0 N–H and O–H groups in total. The molecule has 0 saturated carbocycles. The fraction of sp³-hybridized carbons (Fsp3) is 0.400. The molecule has 1 aromatic carbocycles. The van der Waals surface area contributed by atoms with Crippen LogP contribution in [0.25, 0.3) is 0 Å². The predicted molar refractivity (Wildman–Crippen MR) is 68.1 cm³/mol. The largest absolute Gasteiger partial charge is 0.259 e. The third kappa shape index (κ3) is 2.88. The molecule has 1 aliphatic rings. The molecule has 0 radical (unpaired) electrons. The fourth-order valence-corrected chi connectivity index (χ4v) is 4.47. The number of rotatable bonds is 2. The summed E-state index contributed by atoms with van der Waals surface area (Å²) in [5.74, 6) is 0.819.